The number of hydrogen-bond acceptors (Lipinski definition) is 3. The second-order valence-corrected chi connectivity index (χ2v) is 5.03. The van der Waals surface area contributed by atoms with Crippen molar-refractivity contribution < 1.29 is 9.18 Å². The van der Waals surface area contributed by atoms with Crippen molar-refractivity contribution in [2.75, 3.05) is 11.9 Å². The zero-order valence-electron chi connectivity index (χ0n) is 9.78. The first-order chi connectivity index (χ1) is 8.49. The molecule has 94 valence electrons. The highest BCUT2D eigenvalue weighted by molar-refractivity contribution is 7.14. The summed E-state index contributed by atoms with van der Waals surface area (Å²) < 4.78 is 13.6. The Morgan fingerprint density at radius 2 is 2.22 bits per heavy atom. The Bertz CT molecular complexity index is 600. The molecule has 2 rings (SSSR count). The predicted molar refractivity (Wildman–Crippen MR) is 71.0 cm³/mol. The van der Waals surface area contributed by atoms with E-state index in [-0.39, 0.29) is 5.56 Å². The molecule has 3 nitrogen and oxygen atoms in total. The lowest BCUT2D eigenvalue weighted by molar-refractivity contribution is 0.0989. The molecule has 6 heteroatoms. The smallest absolute Gasteiger partial charge is 0.262 e. The minimum absolute atomic E-state index is 0.0575. The van der Waals surface area contributed by atoms with E-state index in [1.54, 1.807) is 7.05 Å². The van der Waals surface area contributed by atoms with E-state index in [0.717, 1.165) is 5.69 Å². The lowest BCUT2D eigenvalue weighted by Gasteiger charge is -2.14. The Morgan fingerprint density at radius 3 is 2.83 bits per heavy atom. The summed E-state index contributed by atoms with van der Waals surface area (Å²) in [6, 6.07) is 3.90. The molecule has 2 aromatic rings. The number of nitrogens with zero attached hydrogens (tertiary/aromatic N) is 2. The maximum Gasteiger partial charge on any atom is 0.262 e. The Kier molecular flexibility index (Phi) is 3.63. The molecule has 0 aliphatic heterocycles. The van der Waals surface area contributed by atoms with Crippen molar-refractivity contribution in [1.82, 2.24) is 4.98 Å². The van der Waals surface area contributed by atoms with Crippen molar-refractivity contribution in [2.24, 2.45) is 0 Å². The van der Waals surface area contributed by atoms with Gasteiger partial charge in [-0.3, -0.25) is 9.69 Å². The summed E-state index contributed by atoms with van der Waals surface area (Å²) in [4.78, 5) is 17.6. The molecule has 1 heterocycles. The van der Waals surface area contributed by atoms with Gasteiger partial charge in [-0.2, -0.15) is 0 Å². The molecule has 0 fully saturated rings. The molecule has 0 aliphatic carbocycles. The lowest BCUT2D eigenvalue weighted by Crippen LogP contribution is -2.27. The van der Waals surface area contributed by atoms with Crippen molar-refractivity contribution in [1.29, 1.82) is 0 Å². The van der Waals surface area contributed by atoms with Gasteiger partial charge in [0.05, 0.1) is 11.3 Å². The van der Waals surface area contributed by atoms with E-state index >= 15 is 0 Å². The van der Waals surface area contributed by atoms with Gasteiger partial charge in [0.15, 0.2) is 5.13 Å². The average Bonchev–Trinajstić information content (AvgIpc) is 2.77. The Hall–Kier alpha value is -1.46. The highest BCUT2D eigenvalue weighted by atomic mass is 35.5. The van der Waals surface area contributed by atoms with Crippen molar-refractivity contribution >= 4 is 34.0 Å². The molecule has 0 radical (unpaired) electrons. The van der Waals surface area contributed by atoms with Crippen LogP contribution in [0.2, 0.25) is 5.02 Å². The van der Waals surface area contributed by atoms with Gasteiger partial charge in [0.25, 0.3) is 5.91 Å². The number of halogens is 2. The third kappa shape index (κ3) is 2.52. The fourth-order valence-corrected chi connectivity index (χ4v) is 2.36. The molecule has 1 amide bonds. The molecule has 0 spiro atoms. The van der Waals surface area contributed by atoms with Gasteiger partial charge in [0.1, 0.15) is 5.82 Å². The standard InChI is InChI=1S/C12H10ClFN2OS/c1-7-6-18-12(15-7)16(2)11(17)9-5-8(13)3-4-10(9)14/h3-6H,1-2H3. The summed E-state index contributed by atoms with van der Waals surface area (Å²) in [6.07, 6.45) is 0. The molecular weight excluding hydrogens is 275 g/mol. The van der Waals surface area contributed by atoms with E-state index in [9.17, 15) is 9.18 Å². The van der Waals surface area contributed by atoms with E-state index in [2.05, 4.69) is 4.98 Å². The molecule has 0 saturated heterocycles. The summed E-state index contributed by atoms with van der Waals surface area (Å²) in [5.41, 5.74) is 0.763. The van der Waals surface area contributed by atoms with Gasteiger partial charge in [-0.1, -0.05) is 11.6 Å². The molecular formula is C12H10ClFN2OS. The predicted octanol–water partition coefficient (Wildman–Crippen LogP) is 3.52. The van der Waals surface area contributed by atoms with Crippen LogP contribution in [0.4, 0.5) is 9.52 Å². The molecule has 0 unspecified atom stereocenters. The first-order valence-corrected chi connectivity index (χ1v) is 6.40. The normalized spacial score (nSPS) is 10.4. The van der Waals surface area contributed by atoms with Crippen LogP contribution in [-0.2, 0) is 0 Å². The van der Waals surface area contributed by atoms with Crippen LogP contribution in [-0.4, -0.2) is 17.9 Å². The monoisotopic (exact) mass is 284 g/mol. The number of anilines is 1. The van der Waals surface area contributed by atoms with Gasteiger partial charge in [-0.15, -0.1) is 11.3 Å². The maximum absolute atomic E-state index is 13.6. The number of benzene rings is 1. The highest BCUT2D eigenvalue weighted by Gasteiger charge is 2.19. The topological polar surface area (TPSA) is 33.2 Å². The highest BCUT2D eigenvalue weighted by Crippen LogP contribution is 2.22. The summed E-state index contributed by atoms with van der Waals surface area (Å²) in [6.45, 7) is 1.83. The average molecular weight is 285 g/mol. The van der Waals surface area contributed by atoms with Crippen LogP contribution in [0, 0.1) is 12.7 Å². The number of hydrogen-bond donors (Lipinski definition) is 0. The molecule has 0 saturated carbocycles. The Balaban J connectivity index is 2.33. The van der Waals surface area contributed by atoms with Gasteiger partial charge >= 0.3 is 0 Å². The molecule has 0 bridgehead atoms. The molecule has 0 aliphatic rings. The summed E-state index contributed by atoms with van der Waals surface area (Å²) in [7, 11) is 1.56. The summed E-state index contributed by atoms with van der Waals surface area (Å²) in [5, 5.41) is 2.67. The molecule has 0 N–H and O–H groups in total. The second kappa shape index (κ2) is 5.04. The SMILES string of the molecule is Cc1csc(N(C)C(=O)c2cc(Cl)ccc2F)n1. The molecule has 0 atom stereocenters. The van der Waals surface area contributed by atoms with Gasteiger partial charge in [0, 0.05) is 17.5 Å². The minimum atomic E-state index is -0.593. The van der Waals surface area contributed by atoms with Crippen molar-refractivity contribution in [2.45, 2.75) is 6.92 Å². The zero-order chi connectivity index (χ0) is 13.3. The zero-order valence-corrected chi connectivity index (χ0v) is 11.3. The Morgan fingerprint density at radius 1 is 1.50 bits per heavy atom. The summed E-state index contributed by atoms with van der Waals surface area (Å²) >= 11 is 7.09. The van der Waals surface area contributed by atoms with Crippen LogP contribution >= 0.6 is 22.9 Å². The van der Waals surface area contributed by atoms with Gasteiger partial charge in [-0.05, 0) is 25.1 Å². The fourth-order valence-electron chi connectivity index (χ4n) is 1.42. The Labute approximate surface area is 113 Å². The molecule has 1 aromatic carbocycles. The van der Waals surface area contributed by atoms with Crippen LogP contribution in [0.15, 0.2) is 23.6 Å². The number of thiazole rings is 1. The second-order valence-electron chi connectivity index (χ2n) is 3.76. The number of amides is 1. The van der Waals surface area contributed by atoms with E-state index in [1.165, 1.54) is 34.4 Å². The van der Waals surface area contributed by atoms with Gasteiger partial charge in [-0.25, -0.2) is 9.37 Å². The number of carbonyl (C=O) groups is 1. The minimum Gasteiger partial charge on any atom is -0.287 e. The maximum atomic E-state index is 13.6. The number of aromatic nitrogens is 1. The molecule has 1 aromatic heterocycles. The van der Waals surface area contributed by atoms with E-state index in [1.807, 2.05) is 12.3 Å². The largest absolute Gasteiger partial charge is 0.287 e. The number of rotatable bonds is 2. The van der Waals surface area contributed by atoms with E-state index in [0.29, 0.717) is 10.2 Å². The van der Waals surface area contributed by atoms with Crippen LogP contribution in [0.25, 0.3) is 0 Å². The van der Waals surface area contributed by atoms with Gasteiger partial charge < -0.3 is 0 Å². The van der Waals surface area contributed by atoms with Crippen LogP contribution in [0.3, 0.4) is 0 Å². The van der Waals surface area contributed by atoms with Crippen LogP contribution in [0.1, 0.15) is 16.1 Å². The first-order valence-electron chi connectivity index (χ1n) is 5.14. The first kappa shape index (κ1) is 13.0. The van der Waals surface area contributed by atoms with E-state index in [4.69, 9.17) is 11.6 Å². The van der Waals surface area contributed by atoms with Gasteiger partial charge in [0.2, 0.25) is 0 Å². The van der Waals surface area contributed by atoms with E-state index < -0.39 is 11.7 Å². The number of aryl methyl sites for hydroxylation is 1. The third-order valence-corrected chi connectivity index (χ3v) is 3.63. The lowest BCUT2D eigenvalue weighted by atomic mass is 10.2. The van der Waals surface area contributed by atoms with Crippen molar-refractivity contribution in [3.63, 3.8) is 0 Å². The van der Waals surface area contributed by atoms with Crippen molar-refractivity contribution in [3.8, 4) is 0 Å². The van der Waals surface area contributed by atoms with Crippen molar-refractivity contribution in [3.05, 3.63) is 45.7 Å². The quantitative estimate of drug-likeness (QED) is 0.845. The molecule has 18 heavy (non-hydrogen) atoms. The number of carbonyl (C=O) groups excluding carboxylic acids is 1. The van der Waals surface area contributed by atoms with Crippen LogP contribution < -0.4 is 4.90 Å². The van der Waals surface area contributed by atoms with Crippen LogP contribution in [0.5, 0.6) is 0 Å². The fraction of sp³-hybridized carbons (Fsp3) is 0.167. The third-order valence-electron chi connectivity index (χ3n) is 2.36. The summed E-state index contributed by atoms with van der Waals surface area (Å²) in [5.74, 6) is -1.06.